The molecule has 1 heterocycles. The second-order valence-corrected chi connectivity index (χ2v) is 10.3. The molecule has 0 atom stereocenters. The highest BCUT2D eigenvalue weighted by atomic mass is 32.2. The van der Waals surface area contributed by atoms with Crippen LogP contribution in [0.25, 0.3) is 0 Å². The van der Waals surface area contributed by atoms with Crippen LogP contribution in [0, 0.1) is 0 Å². The first kappa shape index (κ1) is 25.0. The molecule has 0 aliphatic heterocycles. The first-order valence-corrected chi connectivity index (χ1v) is 12.8. The number of pyridine rings is 1. The quantitative estimate of drug-likeness (QED) is 0.338. The molecule has 0 saturated carbocycles. The van der Waals surface area contributed by atoms with Crippen molar-refractivity contribution in [3.63, 3.8) is 0 Å². The SMILES string of the molecule is NS(=O)(=O)c1ccc(CNC(=O)c2ccc(C(=O)NCc3ccc(S(N)(=O)=O)cc3)nc2)cc1. The van der Waals surface area contributed by atoms with Crippen molar-refractivity contribution in [2.75, 3.05) is 0 Å². The molecule has 13 heteroatoms. The molecule has 0 spiro atoms. The standard InChI is InChI=1S/C21H21N5O6S2/c22-33(29,30)17-6-1-14(2-7-17)11-25-20(27)16-5-10-19(24-13-16)21(28)26-12-15-3-8-18(9-4-15)34(23,31)32/h1-10,13H,11-12H2,(H,25,27)(H,26,28)(H2,22,29,30)(H2,23,31,32). The van der Waals surface area contributed by atoms with Gasteiger partial charge in [0.2, 0.25) is 20.0 Å². The molecule has 0 radical (unpaired) electrons. The lowest BCUT2D eigenvalue weighted by atomic mass is 10.2. The number of benzene rings is 2. The summed E-state index contributed by atoms with van der Waals surface area (Å²) < 4.78 is 45.1. The molecule has 0 unspecified atom stereocenters. The van der Waals surface area contributed by atoms with E-state index in [-0.39, 0.29) is 34.1 Å². The van der Waals surface area contributed by atoms with Crippen LogP contribution in [0.15, 0.2) is 76.7 Å². The number of amides is 2. The van der Waals surface area contributed by atoms with E-state index in [0.717, 1.165) is 0 Å². The summed E-state index contributed by atoms with van der Waals surface area (Å²) in [5.41, 5.74) is 1.66. The van der Waals surface area contributed by atoms with Crippen molar-refractivity contribution < 1.29 is 26.4 Å². The Kier molecular flexibility index (Phi) is 7.41. The third kappa shape index (κ3) is 6.68. The van der Waals surface area contributed by atoms with Gasteiger partial charge in [-0.1, -0.05) is 24.3 Å². The lowest BCUT2D eigenvalue weighted by molar-refractivity contribution is 0.0935. The van der Waals surface area contributed by atoms with Crippen LogP contribution in [0.2, 0.25) is 0 Å². The molecule has 34 heavy (non-hydrogen) atoms. The summed E-state index contributed by atoms with van der Waals surface area (Å²) in [5.74, 6) is -0.901. The van der Waals surface area contributed by atoms with Crippen LogP contribution in [-0.4, -0.2) is 33.6 Å². The zero-order valence-electron chi connectivity index (χ0n) is 17.6. The molecule has 0 fully saturated rings. The maximum absolute atomic E-state index is 12.3. The maximum atomic E-state index is 12.3. The van der Waals surface area contributed by atoms with E-state index in [9.17, 15) is 26.4 Å². The number of aromatic nitrogens is 1. The Bertz CT molecular complexity index is 1290. The fourth-order valence-electron chi connectivity index (χ4n) is 2.81. The number of nitrogens with zero attached hydrogens (tertiary/aromatic N) is 1. The lowest BCUT2D eigenvalue weighted by Crippen LogP contribution is -2.25. The van der Waals surface area contributed by atoms with Crippen LogP contribution in [0.3, 0.4) is 0 Å². The Morgan fingerprint density at radius 2 is 1.12 bits per heavy atom. The van der Waals surface area contributed by atoms with Crippen LogP contribution in [0.1, 0.15) is 32.0 Å². The molecule has 1 aromatic heterocycles. The van der Waals surface area contributed by atoms with Crippen LogP contribution in [0.4, 0.5) is 0 Å². The number of nitrogens with two attached hydrogens (primary N) is 2. The fraction of sp³-hybridized carbons (Fsp3) is 0.0952. The molecule has 3 aromatic rings. The zero-order chi connectivity index (χ0) is 24.9. The molecular formula is C21H21N5O6S2. The largest absolute Gasteiger partial charge is 0.348 e. The number of sulfonamides is 2. The van der Waals surface area contributed by atoms with Gasteiger partial charge in [-0.25, -0.2) is 27.1 Å². The van der Waals surface area contributed by atoms with Crippen LogP contribution in [-0.2, 0) is 33.1 Å². The predicted molar refractivity (Wildman–Crippen MR) is 122 cm³/mol. The molecule has 2 aromatic carbocycles. The summed E-state index contributed by atoms with van der Waals surface area (Å²) in [6, 6.07) is 14.4. The highest BCUT2D eigenvalue weighted by Gasteiger charge is 2.12. The van der Waals surface area contributed by atoms with E-state index in [1.807, 2.05) is 0 Å². The van der Waals surface area contributed by atoms with E-state index < -0.39 is 31.9 Å². The van der Waals surface area contributed by atoms with E-state index in [2.05, 4.69) is 15.6 Å². The van der Waals surface area contributed by atoms with E-state index in [0.29, 0.717) is 11.1 Å². The number of hydrogen-bond acceptors (Lipinski definition) is 7. The first-order valence-electron chi connectivity index (χ1n) is 9.69. The van der Waals surface area contributed by atoms with Gasteiger partial charge in [-0.2, -0.15) is 0 Å². The van der Waals surface area contributed by atoms with E-state index >= 15 is 0 Å². The highest BCUT2D eigenvalue weighted by Crippen LogP contribution is 2.10. The normalized spacial score (nSPS) is 11.6. The number of carbonyl (C=O) groups is 2. The monoisotopic (exact) mass is 503 g/mol. The topological polar surface area (TPSA) is 191 Å². The van der Waals surface area contributed by atoms with Crippen molar-refractivity contribution in [2.24, 2.45) is 10.3 Å². The van der Waals surface area contributed by atoms with E-state index in [1.165, 1.54) is 66.9 Å². The van der Waals surface area contributed by atoms with Crippen molar-refractivity contribution in [2.45, 2.75) is 22.9 Å². The Hall–Kier alpha value is -3.65. The smallest absolute Gasteiger partial charge is 0.270 e. The van der Waals surface area contributed by atoms with Gasteiger partial charge >= 0.3 is 0 Å². The number of carbonyl (C=O) groups excluding carboxylic acids is 2. The summed E-state index contributed by atoms with van der Waals surface area (Å²) in [6.07, 6.45) is 1.26. The summed E-state index contributed by atoms with van der Waals surface area (Å²) in [5, 5.41) is 15.4. The van der Waals surface area contributed by atoms with Gasteiger partial charge in [0.1, 0.15) is 5.69 Å². The summed E-state index contributed by atoms with van der Waals surface area (Å²) in [4.78, 5) is 28.6. The van der Waals surface area contributed by atoms with Gasteiger partial charge in [-0.05, 0) is 47.5 Å². The molecule has 6 N–H and O–H groups in total. The molecule has 0 aliphatic rings. The second-order valence-electron chi connectivity index (χ2n) is 7.18. The van der Waals surface area contributed by atoms with Crippen LogP contribution < -0.4 is 20.9 Å². The van der Waals surface area contributed by atoms with Gasteiger partial charge in [-0.15, -0.1) is 0 Å². The van der Waals surface area contributed by atoms with Crippen molar-refractivity contribution in [1.82, 2.24) is 15.6 Å². The highest BCUT2D eigenvalue weighted by molar-refractivity contribution is 7.89. The Labute approximate surface area is 196 Å². The van der Waals surface area contributed by atoms with Gasteiger partial charge in [0.25, 0.3) is 11.8 Å². The molecular weight excluding hydrogens is 482 g/mol. The molecule has 0 bridgehead atoms. The molecule has 3 rings (SSSR count). The zero-order valence-corrected chi connectivity index (χ0v) is 19.3. The Balaban J connectivity index is 1.53. The van der Waals surface area contributed by atoms with E-state index in [4.69, 9.17) is 10.3 Å². The minimum atomic E-state index is -3.79. The third-order valence-corrected chi connectivity index (χ3v) is 6.53. The second kappa shape index (κ2) is 10.1. The molecule has 11 nitrogen and oxygen atoms in total. The number of hydrogen-bond donors (Lipinski definition) is 4. The summed E-state index contributed by atoms with van der Waals surface area (Å²) in [7, 11) is -7.58. The lowest BCUT2D eigenvalue weighted by Gasteiger charge is -2.08. The average molecular weight is 504 g/mol. The molecule has 0 aliphatic carbocycles. The van der Waals surface area contributed by atoms with E-state index in [1.54, 1.807) is 0 Å². The number of rotatable bonds is 8. The Morgan fingerprint density at radius 1 is 0.676 bits per heavy atom. The van der Waals surface area contributed by atoms with Gasteiger partial charge in [-0.3, -0.25) is 14.6 Å². The van der Waals surface area contributed by atoms with Gasteiger partial charge < -0.3 is 10.6 Å². The maximum Gasteiger partial charge on any atom is 0.270 e. The minimum Gasteiger partial charge on any atom is -0.348 e. The van der Waals surface area contributed by atoms with Crippen molar-refractivity contribution >= 4 is 31.9 Å². The summed E-state index contributed by atoms with van der Waals surface area (Å²) >= 11 is 0. The Morgan fingerprint density at radius 3 is 1.50 bits per heavy atom. The number of nitrogens with one attached hydrogen (secondary N) is 2. The van der Waals surface area contributed by atoms with Gasteiger partial charge in [0.05, 0.1) is 15.4 Å². The predicted octanol–water partition coefficient (Wildman–Crippen LogP) is 0.236. The molecule has 2 amide bonds. The van der Waals surface area contributed by atoms with Gasteiger partial charge in [0, 0.05) is 19.3 Å². The van der Waals surface area contributed by atoms with Crippen LogP contribution >= 0.6 is 0 Å². The third-order valence-electron chi connectivity index (χ3n) is 4.67. The van der Waals surface area contributed by atoms with Crippen molar-refractivity contribution in [1.29, 1.82) is 0 Å². The average Bonchev–Trinajstić information content (AvgIpc) is 2.80. The summed E-state index contributed by atoms with van der Waals surface area (Å²) in [6.45, 7) is 0.286. The molecule has 178 valence electrons. The number of primary sulfonamides is 2. The first-order chi connectivity index (χ1) is 15.9. The van der Waals surface area contributed by atoms with Crippen molar-refractivity contribution in [3.8, 4) is 0 Å². The van der Waals surface area contributed by atoms with Crippen molar-refractivity contribution in [3.05, 3.63) is 89.2 Å². The molecule has 0 saturated heterocycles. The fourth-order valence-corrected chi connectivity index (χ4v) is 3.84. The van der Waals surface area contributed by atoms with Crippen LogP contribution in [0.5, 0.6) is 0 Å². The van der Waals surface area contributed by atoms with Gasteiger partial charge in [0.15, 0.2) is 0 Å². The minimum absolute atomic E-state index is 0.0267.